The molecule has 0 aromatic rings. The van der Waals surface area contributed by atoms with Crippen LogP contribution in [-0.4, -0.2) is 5.09 Å². The average Bonchev–Trinajstić information content (AvgIpc) is 0.811. The Morgan fingerprint density at radius 3 is 1.40 bits per heavy atom. The zero-order valence-electron chi connectivity index (χ0n) is 1.99. The Labute approximate surface area is 58.3 Å². The molecule has 0 bridgehead atoms. The summed E-state index contributed by atoms with van der Waals surface area (Å²) in [5.41, 5.74) is 0. The third-order valence-corrected chi connectivity index (χ3v) is 0. The maximum atomic E-state index is 8.25. The van der Waals surface area contributed by atoms with Crippen molar-refractivity contribution < 1.29 is 43.3 Å². The van der Waals surface area contributed by atoms with Crippen LogP contribution in [0.1, 0.15) is 0 Å². The van der Waals surface area contributed by atoms with Crippen LogP contribution in [0.5, 0.6) is 0 Å². The van der Waals surface area contributed by atoms with E-state index in [2.05, 4.69) is 0 Å². The molecule has 0 aliphatic heterocycles. The van der Waals surface area contributed by atoms with Gasteiger partial charge in [-0.2, -0.15) is 0 Å². The molecule has 0 saturated heterocycles. The predicted octanol–water partition coefficient (Wildman–Crippen LogP) is -0.239. The fraction of sp³-hybridized carbons (Fsp3) is 0. The molecule has 0 rings (SSSR count). The maximum Gasteiger partial charge on any atom is 3.00 e. The quantitative estimate of drug-likeness (QED) is 0.421. The van der Waals surface area contributed by atoms with E-state index in [9.17, 15) is 0 Å². The van der Waals surface area contributed by atoms with E-state index < -0.39 is 5.09 Å². The van der Waals surface area contributed by atoms with Gasteiger partial charge in [0, 0.05) is 0 Å². The molecule has 0 fully saturated rings. The summed E-state index contributed by atoms with van der Waals surface area (Å²) in [5, 5.41) is 14.8. The summed E-state index contributed by atoms with van der Waals surface area (Å²) in [6, 6.07) is 0. The van der Waals surface area contributed by atoms with Crippen molar-refractivity contribution in [2.75, 3.05) is 0 Å². The van der Waals surface area contributed by atoms with Crippen LogP contribution in [-0.2, 0) is 0 Å². The minimum absolute atomic E-state index is 0. The first-order chi connectivity index (χ1) is 1.73. The molecule has 1 radical (unpaired) electrons. The molecule has 0 spiro atoms. The molecule has 31 valence electrons. The zero-order valence-corrected chi connectivity index (χ0v) is 4.02. The Balaban J connectivity index is 0. The first-order valence-corrected chi connectivity index (χ1v) is 0.548. The van der Waals surface area contributed by atoms with E-state index in [0.717, 1.165) is 0 Å². The second-order valence-corrected chi connectivity index (χ2v) is 0.224. The molecule has 0 unspecified atom stereocenters. The van der Waals surface area contributed by atoms with Crippen LogP contribution >= 0.6 is 0 Å². The molecule has 4 nitrogen and oxygen atoms in total. The smallest absolute Gasteiger partial charge is 0.356 e. The van der Waals surface area contributed by atoms with Crippen molar-refractivity contribution in [3.05, 3.63) is 15.3 Å². The van der Waals surface area contributed by atoms with Crippen molar-refractivity contribution in [2.24, 2.45) is 0 Å². The van der Waals surface area contributed by atoms with E-state index in [1.54, 1.807) is 0 Å². The summed E-state index contributed by atoms with van der Waals surface area (Å²) >= 11 is 0. The summed E-state index contributed by atoms with van der Waals surface area (Å²) in [6.45, 7) is 0. The minimum Gasteiger partial charge on any atom is -0.356 e. The third kappa shape index (κ3) is 122. The van der Waals surface area contributed by atoms with Gasteiger partial charge < -0.3 is 15.3 Å². The van der Waals surface area contributed by atoms with Crippen molar-refractivity contribution >= 4 is 0 Å². The molecule has 0 aliphatic carbocycles. The second-order valence-electron chi connectivity index (χ2n) is 0.224. The molecule has 0 aliphatic rings. The summed E-state index contributed by atoms with van der Waals surface area (Å²) < 4.78 is 0. The molecule has 0 atom stereocenters. The maximum absolute atomic E-state index is 8.25. The summed E-state index contributed by atoms with van der Waals surface area (Å²) in [6.07, 6.45) is 0. The van der Waals surface area contributed by atoms with Gasteiger partial charge >= 0.3 is 38.2 Å². The Morgan fingerprint density at radius 1 is 1.40 bits per heavy atom. The molecule has 0 saturated carbocycles. The van der Waals surface area contributed by atoms with Crippen LogP contribution in [0, 0.1) is 53.5 Å². The van der Waals surface area contributed by atoms with E-state index in [0.29, 0.717) is 0 Å². The minimum atomic E-state index is -1.75. The van der Waals surface area contributed by atoms with Gasteiger partial charge in [0.1, 0.15) is 0 Å². The van der Waals surface area contributed by atoms with Crippen molar-refractivity contribution in [1.82, 2.24) is 0 Å². The summed E-state index contributed by atoms with van der Waals surface area (Å²) in [4.78, 5) is 8.25. The van der Waals surface area contributed by atoms with Gasteiger partial charge in [-0.3, -0.25) is 0 Å². The average molecular weight is 225 g/mol. The fourth-order valence-corrected chi connectivity index (χ4v) is 0. The molecule has 0 N–H and O–H groups in total. The largest absolute Gasteiger partial charge is 3.00 e. The normalized spacial score (nSPS) is 4.80. The Bertz CT molecular complexity index is 29.9. The predicted molar refractivity (Wildman–Crippen MR) is 10.4 cm³/mol. The number of hydrogen-bond donors (Lipinski definition) is 0. The van der Waals surface area contributed by atoms with Crippen LogP contribution in [0.3, 0.4) is 0 Å². The third-order valence-electron chi connectivity index (χ3n) is 0. The molecule has 5 heteroatoms. The summed E-state index contributed by atoms with van der Waals surface area (Å²) in [5.74, 6) is 0. The first-order valence-electron chi connectivity index (χ1n) is 0.548. The topological polar surface area (TPSA) is 66.2 Å². The van der Waals surface area contributed by atoms with Gasteiger partial charge in [0.15, 0.2) is 0 Å². The van der Waals surface area contributed by atoms with Crippen molar-refractivity contribution in [3.8, 4) is 0 Å². The molecule has 0 aromatic heterocycles. The van der Waals surface area contributed by atoms with E-state index >= 15 is 0 Å². The fourth-order valence-electron chi connectivity index (χ4n) is 0. The van der Waals surface area contributed by atoms with Crippen LogP contribution in [0.2, 0.25) is 0 Å². The van der Waals surface area contributed by atoms with E-state index in [4.69, 9.17) is 15.3 Å². The standard InChI is InChI=1S/Dy.NO3/c;2-1(3)4/q+3;-1. The number of rotatable bonds is 0. The van der Waals surface area contributed by atoms with Gasteiger partial charge in [-0.25, -0.2) is 0 Å². The number of nitrogens with zero attached hydrogens (tertiary/aromatic N) is 1. The van der Waals surface area contributed by atoms with Crippen molar-refractivity contribution in [2.45, 2.75) is 0 Å². The van der Waals surface area contributed by atoms with Crippen LogP contribution < -0.4 is 0 Å². The Hall–Kier alpha value is 0.473. The van der Waals surface area contributed by atoms with E-state index in [1.807, 2.05) is 0 Å². The van der Waals surface area contributed by atoms with Gasteiger partial charge in [0.2, 0.25) is 0 Å². The molecule has 0 aromatic carbocycles. The summed E-state index contributed by atoms with van der Waals surface area (Å²) in [7, 11) is 0. The SMILES string of the molecule is O=[N+]([O-])[O-].[Dy+3]. The Kier molecular flexibility index (Phi) is 8.12. The molecular formula is DyNO3+2. The second kappa shape index (κ2) is 4.47. The van der Waals surface area contributed by atoms with Gasteiger partial charge in [-0.05, 0) is 0 Å². The number of hydrogen-bond acceptors (Lipinski definition) is 3. The monoisotopic (exact) mass is 226 g/mol. The molecule has 0 amide bonds. The van der Waals surface area contributed by atoms with Crippen LogP contribution in [0.25, 0.3) is 0 Å². The molecular weight excluding hydrogens is 225 g/mol. The van der Waals surface area contributed by atoms with Gasteiger partial charge in [0.05, 0.1) is 5.09 Å². The molecule has 0 heterocycles. The van der Waals surface area contributed by atoms with Gasteiger partial charge in [-0.1, -0.05) is 0 Å². The van der Waals surface area contributed by atoms with Gasteiger partial charge in [-0.15, -0.1) is 0 Å². The van der Waals surface area contributed by atoms with E-state index in [-0.39, 0.29) is 38.2 Å². The van der Waals surface area contributed by atoms with E-state index in [1.165, 1.54) is 0 Å². The van der Waals surface area contributed by atoms with Gasteiger partial charge in [0.25, 0.3) is 0 Å². The van der Waals surface area contributed by atoms with Crippen LogP contribution in [0.4, 0.5) is 0 Å². The van der Waals surface area contributed by atoms with Crippen molar-refractivity contribution in [3.63, 3.8) is 0 Å². The first kappa shape index (κ1) is 9.08. The van der Waals surface area contributed by atoms with Crippen LogP contribution in [0.15, 0.2) is 0 Å². The Morgan fingerprint density at radius 2 is 1.40 bits per heavy atom. The zero-order chi connectivity index (χ0) is 3.58. The van der Waals surface area contributed by atoms with Crippen molar-refractivity contribution in [1.29, 1.82) is 0 Å². The molecule has 5 heavy (non-hydrogen) atoms.